The molecule has 0 bridgehead atoms. The summed E-state index contributed by atoms with van der Waals surface area (Å²) < 4.78 is 5.32. The molecule has 1 aliphatic carbocycles. The molecule has 0 radical (unpaired) electrons. The number of carbonyl (C=O) groups excluding carboxylic acids is 2. The summed E-state index contributed by atoms with van der Waals surface area (Å²) in [5.74, 6) is 0.479. The van der Waals surface area contributed by atoms with Crippen LogP contribution in [0.2, 0.25) is 0 Å². The quantitative estimate of drug-likeness (QED) is 0.802. The predicted molar refractivity (Wildman–Crippen MR) is 119 cm³/mol. The lowest BCUT2D eigenvalue weighted by Gasteiger charge is -2.46. The predicted octanol–water partition coefficient (Wildman–Crippen LogP) is 3.34. The molecule has 1 saturated heterocycles. The molecule has 1 saturated carbocycles. The van der Waals surface area contributed by atoms with E-state index in [1.807, 2.05) is 47.4 Å². The Labute approximate surface area is 183 Å². The third-order valence-electron chi connectivity index (χ3n) is 7.17. The van der Waals surface area contributed by atoms with Crippen molar-refractivity contribution in [1.82, 2.24) is 9.88 Å². The number of hydrogen-bond donors (Lipinski definition) is 1. The zero-order chi connectivity index (χ0) is 21.9. The van der Waals surface area contributed by atoms with Crippen LogP contribution in [-0.4, -0.2) is 41.9 Å². The fraction of sp³-hybridized carbons (Fsp3) is 0.480. The van der Waals surface area contributed by atoms with Crippen LogP contribution in [0.15, 0.2) is 48.7 Å². The molecule has 164 valence electrons. The summed E-state index contributed by atoms with van der Waals surface area (Å²) in [5.41, 5.74) is 6.11. The summed E-state index contributed by atoms with van der Waals surface area (Å²) in [7, 11) is 1.64. The maximum Gasteiger partial charge on any atom is 0.233 e. The zero-order valence-corrected chi connectivity index (χ0v) is 18.2. The van der Waals surface area contributed by atoms with E-state index in [1.54, 1.807) is 13.3 Å². The molecule has 2 aromatic rings. The van der Waals surface area contributed by atoms with Gasteiger partial charge in [-0.3, -0.25) is 14.6 Å². The van der Waals surface area contributed by atoms with Crippen LogP contribution in [0.1, 0.15) is 56.2 Å². The molecule has 2 N–H and O–H groups in total. The van der Waals surface area contributed by atoms with Crippen molar-refractivity contribution >= 4 is 11.8 Å². The number of likely N-dealkylation sites (tertiary alicyclic amines) is 1. The number of pyridine rings is 1. The SMILES string of the molecule is COc1ccc(C2(C(=O)N3CCC[C@@](C(N)=O)(c4ccccn4)C3)CCCCC2)cc1. The number of rotatable bonds is 5. The molecule has 1 aliphatic heterocycles. The molecular weight excluding hydrogens is 390 g/mol. The number of piperidine rings is 1. The number of nitrogens with two attached hydrogens (primary N) is 1. The second-order valence-corrected chi connectivity index (χ2v) is 8.86. The number of aromatic nitrogens is 1. The molecule has 2 aliphatic rings. The summed E-state index contributed by atoms with van der Waals surface area (Å²) in [4.78, 5) is 33.1. The van der Waals surface area contributed by atoms with Gasteiger partial charge < -0.3 is 15.4 Å². The van der Waals surface area contributed by atoms with Crippen LogP contribution in [0.4, 0.5) is 0 Å². The Bertz CT molecular complexity index is 923. The first kappa shape index (κ1) is 21.3. The van der Waals surface area contributed by atoms with Crippen molar-refractivity contribution in [2.24, 2.45) is 5.73 Å². The maximum atomic E-state index is 14.1. The van der Waals surface area contributed by atoms with Gasteiger partial charge in [-0.25, -0.2) is 0 Å². The minimum absolute atomic E-state index is 0.110. The van der Waals surface area contributed by atoms with E-state index in [-0.39, 0.29) is 12.5 Å². The fourth-order valence-electron chi connectivity index (χ4n) is 5.41. The van der Waals surface area contributed by atoms with Crippen LogP contribution in [0.5, 0.6) is 5.75 Å². The van der Waals surface area contributed by atoms with Crippen LogP contribution in [0.3, 0.4) is 0 Å². The van der Waals surface area contributed by atoms with Gasteiger partial charge in [-0.15, -0.1) is 0 Å². The molecule has 6 nitrogen and oxygen atoms in total. The monoisotopic (exact) mass is 421 g/mol. The maximum absolute atomic E-state index is 14.1. The third-order valence-corrected chi connectivity index (χ3v) is 7.17. The standard InChI is InChI=1S/C25H31N3O3/c1-31-20-11-9-19(10-12-20)24(13-4-2-5-14-24)23(30)28-17-7-15-25(18-28,22(26)29)21-8-3-6-16-27-21/h3,6,8-12,16H,2,4-5,7,13-15,17-18H2,1H3,(H2,26,29)/t25-/m0/s1. The van der Waals surface area contributed by atoms with Crippen molar-refractivity contribution in [3.63, 3.8) is 0 Å². The lowest BCUT2D eigenvalue weighted by Crippen LogP contribution is -2.59. The van der Waals surface area contributed by atoms with E-state index in [1.165, 1.54) is 0 Å². The molecule has 2 amide bonds. The Kier molecular flexibility index (Phi) is 5.99. The van der Waals surface area contributed by atoms with E-state index in [0.717, 1.165) is 49.8 Å². The molecule has 4 rings (SSSR count). The Morgan fingerprint density at radius 1 is 0.968 bits per heavy atom. The van der Waals surface area contributed by atoms with Gasteiger partial charge in [-0.1, -0.05) is 37.5 Å². The highest BCUT2D eigenvalue weighted by atomic mass is 16.5. The minimum Gasteiger partial charge on any atom is -0.497 e. The van der Waals surface area contributed by atoms with E-state index in [4.69, 9.17) is 10.5 Å². The molecule has 2 heterocycles. The van der Waals surface area contributed by atoms with E-state index in [9.17, 15) is 9.59 Å². The number of benzene rings is 1. The van der Waals surface area contributed by atoms with Crippen molar-refractivity contribution in [3.8, 4) is 5.75 Å². The molecule has 0 unspecified atom stereocenters. The van der Waals surface area contributed by atoms with Crippen molar-refractivity contribution < 1.29 is 14.3 Å². The number of ether oxygens (including phenoxy) is 1. The van der Waals surface area contributed by atoms with Crippen molar-refractivity contribution in [3.05, 3.63) is 59.9 Å². The second-order valence-electron chi connectivity index (χ2n) is 8.86. The van der Waals surface area contributed by atoms with Gasteiger partial charge in [0.1, 0.15) is 11.2 Å². The Morgan fingerprint density at radius 2 is 1.68 bits per heavy atom. The van der Waals surface area contributed by atoms with Crippen LogP contribution in [0.25, 0.3) is 0 Å². The van der Waals surface area contributed by atoms with E-state index >= 15 is 0 Å². The van der Waals surface area contributed by atoms with Crippen LogP contribution >= 0.6 is 0 Å². The molecule has 0 spiro atoms. The largest absolute Gasteiger partial charge is 0.497 e. The topological polar surface area (TPSA) is 85.5 Å². The summed E-state index contributed by atoms with van der Waals surface area (Å²) >= 11 is 0. The van der Waals surface area contributed by atoms with E-state index in [0.29, 0.717) is 18.7 Å². The molecule has 1 atom stereocenters. The van der Waals surface area contributed by atoms with Gasteiger partial charge in [0, 0.05) is 19.3 Å². The van der Waals surface area contributed by atoms with Gasteiger partial charge >= 0.3 is 0 Å². The van der Waals surface area contributed by atoms with Gasteiger partial charge in [0.2, 0.25) is 11.8 Å². The van der Waals surface area contributed by atoms with Crippen molar-refractivity contribution in [2.45, 2.75) is 55.8 Å². The number of primary amides is 1. The van der Waals surface area contributed by atoms with E-state index < -0.39 is 16.7 Å². The molecule has 6 heteroatoms. The third kappa shape index (κ3) is 3.80. The number of amides is 2. The van der Waals surface area contributed by atoms with Gasteiger partial charge in [0.25, 0.3) is 0 Å². The van der Waals surface area contributed by atoms with Crippen LogP contribution in [-0.2, 0) is 20.4 Å². The van der Waals surface area contributed by atoms with Crippen LogP contribution in [0, 0.1) is 0 Å². The smallest absolute Gasteiger partial charge is 0.233 e. The highest BCUT2D eigenvalue weighted by Crippen LogP contribution is 2.43. The Hall–Kier alpha value is -2.89. The summed E-state index contributed by atoms with van der Waals surface area (Å²) in [6, 6.07) is 13.4. The Morgan fingerprint density at radius 3 is 2.29 bits per heavy atom. The van der Waals surface area contributed by atoms with Gasteiger partial charge in [0.05, 0.1) is 18.2 Å². The van der Waals surface area contributed by atoms with Crippen molar-refractivity contribution in [1.29, 1.82) is 0 Å². The summed E-state index contributed by atoms with van der Waals surface area (Å²) in [6.45, 7) is 0.925. The minimum atomic E-state index is -0.940. The first-order chi connectivity index (χ1) is 15.0. The number of methoxy groups -OCH3 is 1. The molecule has 1 aromatic heterocycles. The van der Waals surface area contributed by atoms with Crippen LogP contribution < -0.4 is 10.5 Å². The zero-order valence-electron chi connectivity index (χ0n) is 18.2. The highest BCUT2D eigenvalue weighted by Gasteiger charge is 2.49. The number of hydrogen-bond acceptors (Lipinski definition) is 4. The van der Waals surface area contributed by atoms with Gasteiger partial charge in [0.15, 0.2) is 0 Å². The second kappa shape index (κ2) is 8.69. The van der Waals surface area contributed by atoms with Gasteiger partial charge in [-0.2, -0.15) is 0 Å². The summed E-state index contributed by atoms with van der Waals surface area (Å²) in [5, 5.41) is 0. The van der Waals surface area contributed by atoms with Gasteiger partial charge in [-0.05, 0) is 55.5 Å². The first-order valence-corrected chi connectivity index (χ1v) is 11.2. The number of nitrogens with zero attached hydrogens (tertiary/aromatic N) is 2. The van der Waals surface area contributed by atoms with Crippen molar-refractivity contribution in [2.75, 3.05) is 20.2 Å². The summed E-state index contributed by atoms with van der Waals surface area (Å²) in [6.07, 6.45) is 7.84. The molecule has 2 fully saturated rings. The highest BCUT2D eigenvalue weighted by molar-refractivity contribution is 5.91. The first-order valence-electron chi connectivity index (χ1n) is 11.2. The average Bonchev–Trinajstić information content (AvgIpc) is 2.84. The molecule has 31 heavy (non-hydrogen) atoms. The lowest BCUT2D eigenvalue weighted by atomic mass is 9.67. The normalized spacial score (nSPS) is 23.2. The lowest BCUT2D eigenvalue weighted by molar-refractivity contribution is -0.143. The molecule has 1 aromatic carbocycles. The molecular formula is C25H31N3O3. The number of carbonyl (C=O) groups is 2. The Balaban J connectivity index is 1.69. The fourth-order valence-corrected chi connectivity index (χ4v) is 5.41. The van der Waals surface area contributed by atoms with E-state index in [2.05, 4.69) is 4.98 Å². The average molecular weight is 422 g/mol.